The van der Waals surface area contributed by atoms with Gasteiger partial charge in [0.05, 0.1) is 26.9 Å². The summed E-state index contributed by atoms with van der Waals surface area (Å²) < 4.78 is 16.8. The van der Waals surface area contributed by atoms with Crippen molar-refractivity contribution in [2.75, 3.05) is 21.3 Å². The van der Waals surface area contributed by atoms with E-state index >= 15 is 0 Å². The molecule has 0 fully saturated rings. The number of esters is 1. The molecule has 1 aliphatic heterocycles. The minimum atomic E-state index is -0.472. The number of ketones is 1. The lowest BCUT2D eigenvalue weighted by atomic mass is 9.71. The van der Waals surface area contributed by atoms with Crippen LogP contribution < -0.4 is 14.8 Å². The van der Waals surface area contributed by atoms with E-state index in [0.29, 0.717) is 41.2 Å². The zero-order valence-corrected chi connectivity index (χ0v) is 20.6. The standard InChI is InChI=1S/C26H26BrNO5/c1-14-23(26(30)33-4)24(15-5-8-18(27)9-6-15)25-19(28-14)11-17(12-20(25)29)16-7-10-21(31-2)22(13-16)32-3/h5-10,13,17,24,28H,11-12H2,1-4H3/t17-,24-/m0/s1. The van der Waals surface area contributed by atoms with Crippen LogP contribution in [-0.2, 0) is 14.3 Å². The Labute approximate surface area is 201 Å². The first kappa shape index (κ1) is 23.1. The third kappa shape index (κ3) is 4.29. The Bertz CT molecular complexity index is 1170. The number of carbonyl (C=O) groups excluding carboxylic acids is 2. The summed E-state index contributed by atoms with van der Waals surface area (Å²) in [7, 11) is 4.56. The molecular formula is C26H26BrNO5. The molecule has 2 aromatic rings. The van der Waals surface area contributed by atoms with Crippen LogP contribution in [0.15, 0.2) is 69.5 Å². The molecular weight excluding hydrogens is 486 g/mol. The van der Waals surface area contributed by atoms with Crippen molar-refractivity contribution in [3.63, 3.8) is 0 Å². The van der Waals surface area contributed by atoms with Gasteiger partial charge in [-0.1, -0.05) is 34.1 Å². The number of rotatable bonds is 5. The molecule has 6 nitrogen and oxygen atoms in total. The molecule has 2 atom stereocenters. The molecule has 0 radical (unpaired) electrons. The molecule has 0 unspecified atom stereocenters. The van der Waals surface area contributed by atoms with Crippen LogP contribution in [0.5, 0.6) is 11.5 Å². The van der Waals surface area contributed by atoms with Gasteiger partial charge in [-0.2, -0.15) is 0 Å². The fourth-order valence-corrected chi connectivity index (χ4v) is 5.01. The van der Waals surface area contributed by atoms with Gasteiger partial charge in [-0.05, 0) is 54.7 Å². The van der Waals surface area contributed by atoms with Crippen molar-refractivity contribution < 1.29 is 23.8 Å². The number of dihydropyridines is 1. The number of hydrogen-bond donors (Lipinski definition) is 1. The molecule has 0 spiro atoms. The quantitative estimate of drug-likeness (QED) is 0.569. The summed E-state index contributed by atoms with van der Waals surface area (Å²) in [6.07, 6.45) is 0.992. The summed E-state index contributed by atoms with van der Waals surface area (Å²) in [5.41, 5.74) is 4.55. The topological polar surface area (TPSA) is 73.9 Å². The Morgan fingerprint density at radius 3 is 2.27 bits per heavy atom. The van der Waals surface area contributed by atoms with E-state index in [-0.39, 0.29) is 11.7 Å². The predicted octanol–water partition coefficient (Wildman–Crippen LogP) is 5.00. The second-order valence-electron chi connectivity index (χ2n) is 8.17. The summed E-state index contributed by atoms with van der Waals surface area (Å²) in [6.45, 7) is 1.85. The van der Waals surface area contributed by atoms with Gasteiger partial charge in [-0.15, -0.1) is 0 Å². The molecule has 7 heteroatoms. The average Bonchev–Trinajstić information content (AvgIpc) is 2.82. The van der Waals surface area contributed by atoms with Crippen LogP contribution in [0.1, 0.15) is 42.7 Å². The molecule has 0 saturated heterocycles. The first-order valence-corrected chi connectivity index (χ1v) is 11.5. The smallest absolute Gasteiger partial charge is 0.336 e. The Hall–Kier alpha value is -3.06. The number of halogens is 1. The molecule has 2 aromatic carbocycles. The van der Waals surface area contributed by atoms with Crippen LogP contribution in [0.4, 0.5) is 0 Å². The summed E-state index contributed by atoms with van der Waals surface area (Å²) in [4.78, 5) is 26.3. The maximum atomic E-state index is 13.6. The summed E-state index contributed by atoms with van der Waals surface area (Å²) in [5, 5.41) is 3.35. The van der Waals surface area contributed by atoms with Gasteiger partial charge >= 0.3 is 5.97 Å². The summed E-state index contributed by atoms with van der Waals surface area (Å²) >= 11 is 3.46. The molecule has 1 aliphatic carbocycles. The third-order valence-electron chi connectivity index (χ3n) is 6.32. The van der Waals surface area contributed by atoms with Crippen molar-refractivity contribution >= 4 is 27.7 Å². The average molecular weight is 512 g/mol. The van der Waals surface area contributed by atoms with Crippen molar-refractivity contribution in [2.24, 2.45) is 0 Å². The van der Waals surface area contributed by atoms with E-state index in [2.05, 4.69) is 21.2 Å². The number of carbonyl (C=O) groups is 2. The minimum absolute atomic E-state index is 0.0124. The van der Waals surface area contributed by atoms with Gasteiger partial charge in [-0.25, -0.2) is 4.79 Å². The van der Waals surface area contributed by atoms with E-state index in [1.54, 1.807) is 14.2 Å². The van der Waals surface area contributed by atoms with Gasteiger partial charge in [0.2, 0.25) is 0 Å². The second-order valence-corrected chi connectivity index (χ2v) is 9.09. The highest BCUT2D eigenvalue weighted by Gasteiger charge is 2.41. The third-order valence-corrected chi connectivity index (χ3v) is 6.84. The summed E-state index contributed by atoms with van der Waals surface area (Å²) in [6, 6.07) is 13.5. The van der Waals surface area contributed by atoms with E-state index in [4.69, 9.17) is 14.2 Å². The lowest BCUT2D eigenvalue weighted by Crippen LogP contribution is -2.36. The largest absolute Gasteiger partial charge is 0.493 e. The first-order chi connectivity index (χ1) is 15.9. The van der Waals surface area contributed by atoms with Crippen LogP contribution >= 0.6 is 15.9 Å². The van der Waals surface area contributed by atoms with Crippen LogP contribution in [0.25, 0.3) is 0 Å². The monoisotopic (exact) mass is 511 g/mol. The molecule has 1 N–H and O–H groups in total. The SMILES string of the molecule is COC(=O)C1=C(C)NC2=C(C(=O)C[C@@H](c3ccc(OC)c(OC)c3)C2)[C@H]1c1ccc(Br)cc1. The molecule has 0 bridgehead atoms. The minimum Gasteiger partial charge on any atom is -0.493 e. The number of nitrogens with one attached hydrogen (secondary N) is 1. The van der Waals surface area contributed by atoms with E-state index < -0.39 is 11.9 Å². The second kappa shape index (κ2) is 9.43. The lowest BCUT2D eigenvalue weighted by molar-refractivity contribution is -0.136. The Morgan fingerprint density at radius 2 is 1.64 bits per heavy atom. The van der Waals surface area contributed by atoms with Gasteiger partial charge in [0.15, 0.2) is 17.3 Å². The maximum Gasteiger partial charge on any atom is 0.336 e. The number of methoxy groups -OCH3 is 3. The van der Waals surface area contributed by atoms with Crippen LogP contribution in [0.2, 0.25) is 0 Å². The Kier molecular flexibility index (Phi) is 6.61. The van der Waals surface area contributed by atoms with Crippen molar-refractivity contribution in [3.8, 4) is 11.5 Å². The number of hydrogen-bond acceptors (Lipinski definition) is 6. The maximum absolute atomic E-state index is 13.6. The van der Waals surface area contributed by atoms with Crippen molar-refractivity contribution in [3.05, 3.63) is 80.6 Å². The van der Waals surface area contributed by atoms with Crippen molar-refractivity contribution in [1.29, 1.82) is 0 Å². The van der Waals surface area contributed by atoms with E-state index in [0.717, 1.165) is 21.3 Å². The lowest BCUT2D eigenvalue weighted by Gasteiger charge is -2.36. The molecule has 0 amide bonds. The zero-order valence-electron chi connectivity index (χ0n) is 19.0. The van der Waals surface area contributed by atoms with Crippen molar-refractivity contribution in [2.45, 2.75) is 31.6 Å². The number of benzene rings is 2. The molecule has 33 heavy (non-hydrogen) atoms. The summed E-state index contributed by atoms with van der Waals surface area (Å²) in [5.74, 6) is 0.383. The fraction of sp³-hybridized carbons (Fsp3) is 0.308. The number of ether oxygens (including phenoxy) is 3. The van der Waals surface area contributed by atoms with Gasteiger partial charge < -0.3 is 19.5 Å². The number of allylic oxidation sites excluding steroid dienone is 3. The van der Waals surface area contributed by atoms with Crippen LogP contribution in [-0.4, -0.2) is 33.1 Å². The molecule has 2 aliphatic rings. The van der Waals surface area contributed by atoms with Gasteiger partial charge in [0.25, 0.3) is 0 Å². The highest BCUT2D eigenvalue weighted by atomic mass is 79.9. The van der Waals surface area contributed by atoms with E-state index in [1.807, 2.05) is 49.4 Å². The Morgan fingerprint density at radius 1 is 0.970 bits per heavy atom. The van der Waals surface area contributed by atoms with E-state index in [9.17, 15) is 9.59 Å². The normalized spacial score (nSPS) is 20.2. The van der Waals surface area contributed by atoms with Gasteiger partial charge in [0.1, 0.15) is 0 Å². The Balaban J connectivity index is 1.77. The first-order valence-electron chi connectivity index (χ1n) is 10.7. The van der Waals surface area contributed by atoms with E-state index in [1.165, 1.54) is 7.11 Å². The molecule has 0 aromatic heterocycles. The van der Waals surface area contributed by atoms with Gasteiger partial charge in [-0.3, -0.25) is 4.79 Å². The van der Waals surface area contributed by atoms with Crippen LogP contribution in [0, 0.1) is 0 Å². The fourth-order valence-electron chi connectivity index (χ4n) is 4.75. The van der Waals surface area contributed by atoms with Crippen LogP contribution in [0.3, 0.4) is 0 Å². The molecule has 172 valence electrons. The highest BCUT2D eigenvalue weighted by Crippen LogP contribution is 2.46. The highest BCUT2D eigenvalue weighted by molar-refractivity contribution is 9.10. The molecule has 0 saturated carbocycles. The van der Waals surface area contributed by atoms with Gasteiger partial charge in [0, 0.05) is 33.8 Å². The van der Waals surface area contributed by atoms with Crippen molar-refractivity contribution in [1.82, 2.24) is 5.32 Å². The predicted molar refractivity (Wildman–Crippen MR) is 128 cm³/mol. The zero-order chi connectivity index (χ0) is 23.7. The number of Topliss-reactive ketones (excluding diaryl/α,β-unsaturated/α-hetero) is 1. The molecule has 1 heterocycles. The molecule has 4 rings (SSSR count).